The minimum atomic E-state index is -1.29. The van der Waals surface area contributed by atoms with Crippen LogP contribution in [0.4, 0.5) is 0 Å². The predicted molar refractivity (Wildman–Crippen MR) is 73.2 cm³/mol. The standard InChI is InChI=1S/C12H9ClN4OS/c13-10-5-4-9-11(16-10)17-12(15-9)19(18)7-8-3-1-2-6-14-8/h1-6H,7H2,(H,15,16,17). The fraction of sp³-hybridized carbons (Fsp3) is 0.0833. The van der Waals surface area contributed by atoms with Crippen molar-refractivity contribution in [2.45, 2.75) is 10.9 Å². The summed E-state index contributed by atoms with van der Waals surface area (Å²) in [7, 11) is -1.29. The van der Waals surface area contributed by atoms with Gasteiger partial charge in [0, 0.05) is 6.20 Å². The average Bonchev–Trinajstić information content (AvgIpc) is 2.83. The third-order valence-electron chi connectivity index (χ3n) is 2.51. The molecule has 0 aromatic carbocycles. The van der Waals surface area contributed by atoms with Gasteiger partial charge in [-0.3, -0.25) is 9.19 Å². The third kappa shape index (κ3) is 2.64. The van der Waals surface area contributed by atoms with E-state index in [1.807, 2.05) is 18.2 Å². The highest BCUT2D eigenvalue weighted by Gasteiger charge is 2.12. The zero-order chi connectivity index (χ0) is 13.2. The summed E-state index contributed by atoms with van der Waals surface area (Å²) in [6.07, 6.45) is 1.67. The Bertz CT molecular complexity index is 744. The van der Waals surface area contributed by atoms with Crippen LogP contribution >= 0.6 is 11.6 Å². The van der Waals surface area contributed by atoms with Gasteiger partial charge in [0.05, 0.1) is 27.8 Å². The molecule has 1 unspecified atom stereocenters. The van der Waals surface area contributed by atoms with Crippen molar-refractivity contribution in [3.05, 3.63) is 47.4 Å². The molecule has 5 nitrogen and oxygen atoms in total. The summed E-state index contributed by atoms with van der Waals surface area (Å²) in [4.78, 5) is 15.4. The number of pyridine rings is 2. The van der Waals surface area contributed by atoms with Crippen molar-refractivity contribution in [1.82, 2.24) is 19.9 Å². The molecule has 19 heavy (non-hydrogen) atoms. The Morgan fingerprint density at radius 2 is 2.11 bits per heavy atom. The summed E-state index contributed by atoms with van der Waals surface area (Å²) >= 11 is 5.79. The topological polar surface area (TPSA) is 71.5 Å². The second kappa shape index (κ2) is 5.07. The Morgan fingerprint density at radius 1 is 1.21 bits per heavy atom. The van der Waals surface area contributed by atoms with Gasteiger partial charge in [0.25, 0.3) is 0 Å². The van der Waals surface area contributed by atoms with E-state index in [4.69, 9.17) is 11.6 Å². The lowest BCUT2D eigenvalue weighted by atomic mass is 10.4. The van der Waals surface area contributed by atoms with E-state index in [9.17, 15) is 4.21 Å². The SMILES string of the molecule is O=S(Cc1ccccn1)c1nc2nc(Cl)ccc2[nH]1. The normalized spacial score (nSPS) is 12.7. The maximum atomic E-state index is 12.2. The van der Waals surface area contributed by atoms with Gasteiger partial charge in [0.1, 0.15) is 5.15 Å². The fourth-order valence-electron chi connectivity index (χ4n) is 1.64. The van der Waals surface area contributed by atoms with E-state index in [0.717, 1.165) is 5.69 Å². The first-order valence-corrected chi connectivity index (χ1v) is 7.22. The van der Waals surface area contributed by atoms with Gasteiger partial charge < -0.3 is 4.98 Å². The number of imidazole rings is 1. The van der Waals surface area contributed by atoms with Crippen molar-refractivity contribution < 1.29 is 4.21 Å². The van der Waals surface area contributed by atoms with Crippen molar-refractivity contribution in [3.63, 3.8) is 0 Å². The van der Waals surface area contributed by atoms with E-state index < -0.39 is 10.8 Å². The Morgan fingerprint density at radius 3 is 2.89 bits per heavy atom. The molecule has 0 bridgehead atoms. The van der Waals surface area contributed by atoms with Crippen molar-refractivity contribution in [1.29, 1.82) is 0 Å². The molecular weight excluding hydrogens is 284 g/mol. The van der Waals surface area contributed by atoms with Crippen LogP contribution in [-0.2, 0) is 16.6 Å². The molecule has 3 rings (SSSR count). The van der Waals surface area contributed by atoms with E-state index in [1.54, 1.807) is 18.3 Å². The van der Waals surface area contributed by atoms with Crippen LogP contribution in [0, 0.1) is 0 Å². The summed E-state index contributed by atoms with van der Waals surface area (Å²) in [6.45, 7) is 0. The van der Waals surface area contributed by atoms with Crippen LogP contribution in [0.2, 0.25) is 5.15 Å². The molecule has 96 valence electrons. The first-order valence-electron chi connectivity index (χ1n) is 5.53. The van der Waals surface area contributed by atoms with Gasteiger partial charge in [-0.25, -0.2) is 9.97 Å². The van der Waals surface area contributed by atoms with E-state index in [2.05, 4.69) is 19.9 Å². The number of nitrogens with zero attached hydrogens (tertiary/aromatic N) is 3. The highest BCUT2D eigenvalue weighted by atomic mass is 35.5. The Labute approximate surface area is 116 Å². The molecule has 1 N–H and O–H groups in total. The molecule has 0 fully saturated rings. The Kier molecular flexibility index (Phi) is 3.27. The summed E-state index contributed by atoms with van der Waals surface area (Å²) in [5, 5.41) is 0.747. The lowest BCUT2D eigenvalue weighted by Crippen LogP contribution is -2.00. The first-order chi connectivity index (χ1) is 9.22. The molecule has 0 radical (unpaired) electrons. The number of fused-ring (bicyclic) bond motifs is 1. The van der Waals surface area contributed by atoms with E-state index in [-0.39, 0.29) is 0 Å². The molecule has 0 spiro atoms. The Hall–Kier alpha value is -1.79. The highest BCUT2D eigenvalue weighted by Crippen LogP contribution is 2.16. The molecule has 3 aromatic heterocycles. The fourth-order valence-corrected chi connectivity index (χ4v) is 2.77. The van der Waals surface area contributed by atoms with Gasteiger partial charge in [-0.05, 0) is 24.3 Å². The third-order valence-corrected chi connectivity index (χ3v) is 3.90. The number of halogens is 1. The number of aromatic nitrogens is 4. The number of H-pyrrole nitrogens is 1. The van der Waals surface area contributed by atoms with Gasteiger partial charge in [-0.2, -0.15) is 0 Å². The van der Waals surface area contributed by atoms with Crippen LogP contribution in [0.5, 0.6) is 0 Å². The van der Waals surface area contributed by atoms with Crippen molar-refractivity contribution in [2.24, 2.45) is 0 Å². The molecule has 3 aromatic rings. The van der Waals surface area contributed by atoms with Crippen molar-refractivity contribution in [3.8, 4) is 0 Å². The van der Waals surface area contributed by atoms with Crippen molar-refractivity contribution >= 4 is 33.6 Å². The van der Waals surface area contributed by atoms with E-state index in [1.165, 1.54) is 0 Å². The summed E-state index contributed by atoms with van der Waals surface area (Å²) in [5.41, 5.74) is 1.94. The largest absolute Gasteiger partial charge is 0.329 e. The molecule has 0 aliphatic rings. The van der Waals surface area contributed by atoms with Gasteiger partial charge >= 0.3 is 0 Å². The molecule has 7 heteroatoms. The van der Waals surface area contributed by atoms with Crippen LogP contribution in [0.1, 0.15) is 5.69 Å². The predicted octanol–water partition coefficient (Wildman–Crippen LogP) is 2.31. The molecule has 3 heterocycles. The van der Waals surface area contributed by atoms with Crippen molar-refractivity contribution in [2.75, 3.05) is 0 Å². The molecule has 0 saturated carbocycles. The maximum absolute atomic E-state index is 12.2. The average molecular weight is 293 g/mol. The highest BCUT2D eigenvalue weighted by molar-refractivity contribution is 7.84. The van der Waals surface area contributed by atoms with E-state index >= 15 is 0 Å². The van der Waals surface area contributed by atoms with Gasteiger partial charge in [-0.15, -0.1) is 0 Å². The first kappa shape index (κ1) is 12.3. The molecule has 0 aliphatic heterocycles. The monoisotopic (exact) mass is 292 g/mol. The van der Waals surface area contributed by atoms with Crippen LogP contribution < -0.4 is 0 Å². The lowest BCUT2D eigenvalue weighted by molar-refractivity contribution is 0.677. The number of aromatic amines is 1. The van der Waals surface area contributed by atoms with Crippen LogP contribution in [0.15, 0.2) is 41.7 Å². The lowest BCUT2D eigenvalue weighted by Gasteiger charge is -1.97. The second-order valence-electron chi connectivity index (χ2n) is 3.86. The molecular formula is C12H9ClN4OS. The Balaban J connectivity index is 1.89. The molecule has 0 aliphatic carbocycles. The maximum Gasteiger partial charge on any atom is 0.199 e. The smallest absolute Gasteiger partial charge is 0.199 e. The van der Waals surface area contributed by atoms with Gasteiger partial charge in [-0.1, -0.05) is 17.7 Å². The van der Waals surface area contributed by atoms with Gasteiger partial charge in [0.15, 0.2) is 10.8 Å². The second-order valence-corrected chi connectivity index (χ2v) is 5.61. The minimum absolute atomic E-state index is 0.314. The van der Waals surface area contributed by atoms with Crippen LogP contribution in [0.25, 0.3) is 11.2 Å². The zero-order valence-electron chi connectivity index (χ0n) is 9.71. The van der Waals surface area contributed by atoms with Crippen LogP contribution in [0.3, 0.4) is 0 Å². The molecule has 0 amide bonds. The summed E-state index contributed by atoms with van der Waals surface area (Å²) in [5.74, 6) is 0.314. The zero-order valence-corrected chi connectivity index (χ0v) is 11.3. The number of hydrogen-bond acceptors (Lipinski definition) is 4. The van der Waals surface area contributed by atoms with Crippen LogP contribution in [-0.4, -0.2) is 24.1 Å². The number of rotatable bonds is 3. The van der Waals surface area contributed by atoms with E-state index in [0.29, 0.717) is 27.2 Å². The summed E-state index contributed by atoms with van der Waals surface area (Å²) < 4.78 is 12.2. The minimum Gasteiger partial charge on any atom is -0.329 e. The molecule has 1 atom stereocenters. The number of nitrogens with one attached hydrogen (secondary N) is 1. The number of hydrogen-bond donors (Lipinski definition) is 1. The van der Waals surface area contributed by atoms with Gasteiger partial charge in [0.2, 0.25) is 0 Å². The quantitative estimate of drug-likeness (QED) is 0.752. The summed E-state index contributed by atoms with van der Waals surface area (Å²) in [6, 6.07) is 8.93. The molecule has 0 saturated heterocycles.